The highest BCUT2D eigenvalue weighted by molar-refractivity contribution is 6.14. The number of hydrogen-bond acceptors (Lipinski definition) is 5. The molecular formula is C34H32N4O. The average Bonchev–Trinajstić information content (AvgIpc) is 3.00. The van der Waals surface area contributed by atoms with Crippen LogP contribution < -0.4 is 16.4 Å². The molecular weight excluding hydrogens is 480 g/mol. The van der Waals surface area contributed by atoms with Crippen molar-refractivity contribution in [2.24, 2.45) is 0 Å². The molecule has 0 aromatic heterocycles. The van der Waals surface area contributed by atoms with Gasteiger partial charge < -0.3 is 21.5 Å². The molecule has 0 saturated carbocycles. The summed E-state index contributed by atoms with van der Waals surface area (Å²) in [6.45, 7) is 0.530. The van der Waals surface area contributed by atoms with E-state index in [2.05, 4.69) is 83.4 Å². The Balaban J connectivity index is 1.65. The van der Waals surface area contributed by atoms with Crippen LogP contribution in [0.25, 0.3) is 0 Å². The highest BCUT2D eigenvalue weighted by atomic mass is 16.3. The van der Waals surface area contributed by atoms with E-state index in [1.54, 1.807) is 0 Å². The van der Waals surface area contributed by atoms with Crippen LogP contribution in [0.2, 0.25) is 0 Å². The lowest BCUT2D eigenvalue weighted by Crippen LogP contribution is -2.38. The topological polar surface area (TPSA) is 94.2 Å². The number of benzene rings is 5. The van der Waals surface area contributed by atoms with Crippen LogP contribution in [0.15, 0.2) is 133 Å². The smallest absolute Gasteiger partial charge is 0.114 e. The molecule has 0 heterocycles. The first-order valence-corrected chi connectivity index (χ1v) is 13.0. The third-order valence-corrected chi connectivity index (χ3v) is 6.87. The van der Waals surface area contributed by atoms with E-state index in [0.717, 1.165) is 33.6 Å². The summed E-state index contributed by atoms with van der Waals surface area (Å²) in [6.07, 6.45) is 0. The van der Waals surface area contributed by atoms with Crippen molar-refractivity contribution in [1.29, 1.82) is 5.41 Å². The van der Waals surface area contributed by atoms with Crippen LogP contribution in [0, 0.1) is 5.41 Å². The maximum atomic E-state index is 9.18. The van der Waals surface area contributed by atoms with E-state index in [0.29, 0.717) is 23.5 Å². The van der Waals surface area contributed by atoms with E-state index in [1.807, 2.05) is 60.7 Å². The largest absolute Gasteiger partial charge is 0.399 e. The zero-order valence-electron chi connectivity index (χ0n) is 21.6. The third-order valence-electron chi connectivity index (χ3n) is 6.87. The van der Waals surface area contributed by atoms with E-state index in [9.17, 15) is 5.41 Å². The Bertz CT molecular complexity index is 1420. The summed E-state index contributed by atoms with van der Waals surface area (Å²) >= 11 is 0. The van der Waals surface area contributed by atoms with Crippen LogP contribution in [0.3, 0.4) is 0 Å². The zero-order chi connectivity index (χ0) is 27.1. The Morgan fingerprint density at radius 3 is 1.69 bits per heavy atom. The summed E-state index contributed by atoms with van der Waals surface area (Å²) in [5, 5.41) is 25.3. The van der Waals surface area contributed by atoms with Crippen molar-refractivity contribution >= 4 is 22.8 Å². The summed E-state index contributed by atoms with van der Waals surface area (Å²) in [5.41, 5.74) is 12.9. The normalized spacial score (nSPS) is 11.1. The fourth-order valence-electron chi connectivity index (χ4n) is 4.97. The average molecular weight is 513 g/mol. The van der Waals surface area contributed by atoms with Gasteiger partial charge in [-0.2, -0.15) is 0 Å². The minimum Gasteiger partial charge on any atom is -0.399 e. The van der Waals surface area contributed by atoms with Gasteiger partial charge in [0.05, 0.1) is 12.3 Å². The molecule has 0 spiro atoms. The molecule has 0 aliphatic heterocycles. The number of hydrogen-bond donors (Lipinski definition) is 5. The molecule has 6 N–H and O–H groups in total. The second-order valence-electron chi connectivity index (χ2n) is 9.38. The Morgan fingerprint density at radius 2 is 1.21 bits per heavy atom. The Kier molecular flexibility index (Phi) is 7.71. The predicted molar refractivity (Wildman–Crippen MR) is 162 cm³/mol. The second kappa shape index (κ2) is 11.7. The number of nitrogen functional groups attached to an aromatic ring is 1. The molecule has 0 bridgehead atoms. The molecule has 5 nitrogen and oxygen atoms in total. The fraction of sp³-hybridized carbons (Fsp3) is 0.0882. The summed E-state index contributed by atoms with van der Waals surface area (Å²) in [6, 6.07) is 44.5. The Labute approximate surface area is 229 Å². The van der Waals surface area contributed by atoms with E-state index < -0.39 is 5.54 Å². The molecule has 39 heavy (non-hydrogen) atoms. The molecule has 0 aliphatic carbocycles. The van der Waals surface area contributed by atoms with Crippen LogP contribution in [0.4, 0.5) is 17.1 Å². The molecule has 5 aromatic rings. The zero-order valence-corrected chi connectivity index (χ0v) is 21.6. The van der Waals surface area contributed by atoms with E-state index in [4.69, 9.17) is 10.8 Å². The fourth-order valence-corrected chi connectivity index (χ4v) is 4.97. The van der Waals surface area contributed by atoms with Gasteiger partial charge in [0, 0.05) is 34.7 Å². The number of anilines is 3. The number of aliphatic hydroxyl groups is 1. The maximum absolute atomic E-state index is 9.18. The van der Waals surface area contributed by atoms with Gasteiger partial charge in [-0.05, 0) is 47.0 Å². The molecule has 5 rings (SSSR count). The van der Waals surface area contributed by atoms with Crippen molar-refractivity contribution in [1.82, 2.24) is 0 Å². The molecule has 5 aromatic carbocycles. The molecule has 0 radical (unpaired) electrons. The van der Waals surface area contributed by atoms with Gasteiger partial charge in [0.1, 0.15) is 5.54 Å². The van der Waals surface area contributed by atoms with Gasteiger partial charge >= 0.3 is 0 Å². The summed E-state index contributed by atoms with van der Waals surface area (Å²) in [5.74, 6) is 0. The Morgan fingerprint density at radius 1 is 0.692 bits per heavy atom. The van der Waals surface area contributed by atoms with Gasteiger partial charge in [-0.3, -0.25) is 5.41 Å². The molecule has 0 aliphatic rings. The van der Waals surface area contributed by atoms with Crippen LogP contribution in [0.1, 0.15) is 27.8 Å². The van der Waals surface area contributed by atoms with Crippen molar-refractivity contribution in [3.63, 3.8) is 0 Å². The minimum atomic E-state index is -0.729. The number of aliphatic hydroxyl groups excluding tert-OH is 1. The lowest BCUT2D eigenvalue weighted by molar-refractivity contribution is 0.311. The molecule has 194 valence electrons. The molecule has 0 atom stereocenters. The lowest BCUT2D eigenvalue weighted by Gasteiger charge is -2.38. The van der Waals surface area contributed by atoms with Crippen LogP contribution >= 0.6 is 0 Å². The maximum Gasteiger partial charge on any atom is 0.114 e. The standard InChI is InChI=1S/C34H32N4O/c35-29-18-21-32(31(24-29)33(36)25-16-19-30(20-17-25)37-22-23-39)38-34(26-10-4-1-5-11-26,27-12-6-2-7-13-27)28-14-8-3-9-15-28/h1-21,24,36-39H,22-23,35H2. The first-order chi connectivity index (χ1) is 19.1. The van der Waals surface area contributed by atoms with Crippen LogP contribution in [0.5, 0.6) is 0 Å². The van der Waals surface area contributed by atoms with Gasteiger partial charge in [0.15, 0.2) is 0 Å². The van der Waals surface area contributed by atoms with Crippen molar-refractivity contribution in [2.75, 3.05) is 29.5 Å². The molecule has 0 fully saturated rings. The van der Waals surface area contributed by atoms with Crippen molar-refractivity contribution in [3.05, 3.63) is 161 Å². The highest BCUT2D eigenvalue weighted by Crippen LogP contribution is 2.41. The predicted octanol–water partition coefficient (Wildman–Crippen LogP) is 6.49. The first kappa shape index (κ1) is 25.8. The molecule has 0 saturated heterocycles. The van der Waals surface area contributed by atoms with E-state index in [1.165, 1.54) is 0 Å². The lowest BCUT2D eigenvalue weighted by atomic mass is 9.76. The van der Waals surface area contributed by atoms with Gasteiger partial charge in [-0.1, -0.05) is 103 Å². The quantitative estimate of drug-likeness (QED) is 0.0839. The van der Waals surface area contributed by atoms with Gasteiger partial charge in [0.2, 0.25) is 0 Å². The van der Waals surface area contributed by atoms with E-state index in [-0.39, 0.29) is 6.61 Å². The van der Waals surface area contributed by atoms with Crippen LogP contribution in [-0.4, -0.2) is 24.0 Å². The minimum absolute atomic E-state index is 0.0574. The molecule has 5 heteroatoms. The highest BCUT2D eigenvalue weighted by Gasteiger charge is 2.37. The van der Waals surface area contributed by atoms with Crippen molar-refractivity contribution in [2.45, 2.75) is 5.54 Å². The summed E-state index contributed by atoms with van der Waals surface area (Å²) < 4.78 is 0. The monoisotopic (exact) mass is 512 g/mol. The summed E-state index contributed by atoms with van der Waals surface area (Å²) in [4.78, 5) is 0. The SMILES string of the molecule is N=C(c1ccc(NCCO)cc1)c1cc(N)ccc1NC(c1ccccc1)(c1ccccc1)c1ccccc1. The number of nitrogens with two attached hydrogens (primary N) is 1. The van der Waals surface area contributed by atoms with Crippen molar-refractivity contribution in [3.8, 4) is 0 Å². The molecule has 0 unspecified atom stereocenters. The van der Waals surface area contributed by atoms with Gasteiger partial charge in [-0.15, -0.1) is 0 Å². The summed E-state index contributed by atoms with van der Waals surface area (Å²) in [7, 11) is 0. The van der Waals surface area contributed by atoms with E-state index >= 15 is 0 Å². The first-order valence-electron chi connectivity index (χ1n) is 13.0. The molecule has 0 amide bonds. The third kappa shape index (κ3) is 5.40. The second-order valence-corrected chi connectivity index (χ2v) is 9.38. The van der Waals surface area contributed by atoms with Gasteiger partial charge in [-0.25, -0.2) is 0 Å². The number of rotatable bonds is 10. The van der Waals surface area contributed by atoms with Crippen molar-refractivity contribution < 1.29 is 5.11 Å². The Hall–Kier alpha value is -4.87. The number of nitrogens with one attached hydrogen (secondary N) is 3. The van der Waals surface area contributed by atoms with Gasteiger partial charge in [0.25, 0.3) is 0 Å². The van der Waals surface area contributed by atoms with Crippen LogP contribution in [-0.2, 0) is 5.54 Å².